The third-order valence-electron chi connectivity index (χ3n) is 5.69. The fourth-order valence-corrected chi connectivity index (χ4v) is 3.82. The molecule has 28 heavy (non-hydrogen) atoms. The monoisotopic (exact) mass is 382 g/mol. The third kappa shape index (κ3) is 8.17. The summed E-state index contributed by atoms with van der Waals surface area (Å²) in [6.45, 7) is 4.44. The maximum absolute atomic E-state index is 14.5. The van der Waals surface area contributed by atoms with Gasteiger partial charge in [-0.25, -0.2) is 4.39 Å². The van der Waals surface area contributed by atoms with Crippen LogP contribution in [0.25, 0.3) is 11.1 Å². The summed E-state index contributed by atoms with van der Waals surface area (Å²) in [5, 5.41) is 0. The van der Waals surface area contributed by atoms with Crippen LogP contribution in [-0.4, -0.2) is 0 Å². The number of unbranched alkanes of at least 4 members (excludes halogenated alkanes) is 9. The maximum Gasteiger partial charge on any atom is 0.131 e. The van der Waals surface area contributed by atoms with E-state index in [1.54, 1.807) is 6.07 Å². The molecule has 0 saturated carbocycles. The van der Waals surface area contributed by atoms with Crippen molar-refractivity contribution in [3.8, 4) is 11.1 Å². The zero-order valence-corrected chi connectivity index (χ0v) is 18.1. The van der Waals surface area contributed by atoms with Crippen LogP contribution in [0.3, 0.4) is 0 Å². The Bertz CT molecular complexity index is 656. The topological polar surface area (TPSA) is 0 Å². The van der Waals surface area contributed by atoms with E-state index >= 15 is 0 Å². The molecule has 0 nitrogen and oxygen atoms in total. The van der Waals surface area contributed by atoms with Gasteiger partial charge in [0.2, 0.25) is 0 Å². The molecule has 0 atom stereocenters. The van der Waals surface area contributed by atoms with E-state index in [2.05, 4.69) is 44.2 Å². The van der Waals surface area contributed by atoms with Crippen molar-refractivity contribution < 1.29 is 4.39 Å². The average Bonchev–Trinajstić information content (AvgIpc) is 2.72. The Labute approximate surface area is 172 Å². The second kappa shape index (κ2) is 13.5. The molecule has 0 aliphatic rings. The van der Waals surface area contributed by atoms with Crippen LogP contribution in [0.4, 0.5) is 4.39 Å². The molecule has 2 rings (SSSR count). The highest BCUT2D eigenvalue weighted by Gasteiger charge is 2.06. The number of aryl methyl sites for hydroxylation is 2. The Kier molecular flexibility index (Phi) is 10.9. The first-order valence-corrected chi connectivity index (χ1v) is 11.6. The maximum atomic E-state index is 14.5. The lowest BCUT2D eigenvalue weighted by molar-refractivity contribution is 0.565. The first-order chi connectivity index (χ1) is 13.7. The minimum absolute atomic E-state index is 0.0970. The number of hydrogen-bond donors (Lipinski definition) is 0. The highest BCUT2D eigenvalue weighted by molar-refractivity contribution is 5.64. The predicted octanol–water partition coefficient (Wildman–Crippen LogP) is 8.91. The van der Waals surface area contributed by atoms with Crippen LogP contribution < -0.4 is 0 Å². The molecule has 0 saturated heterocycles. The number of hydrogen-bond acceptors (Lipinski definition) is 0. The number of rotatable bonds is 14. The van der Waals surface area contributed by atoms with E-state index < -0.39 is 0 Å². The van der Waals surface area contributed by atoms with Crippen molar-refractivity contribution in [2.24, 2.45) is 0 Å². The minimum atomic E-state index is -0.0970. The van der Waals surface area contributed by atoms with Crippen molar-refractivity contribution in [1.29, 1.82) is 0 Å². The molecule has 2 aromatic rings. The molecular formula is C27H39F. The van der Waals surface area contributed by atoms with Gasteiger partial charge in [-0.1, -0.05) is 108 Å². The molecule has 0 fully saturated rings. The van der Waals surface area contributed by atoms with E-state index in [9.17, 15) is 4.39 Å². The molecule has 0 N–H and O–H groups in total. The Morgan fingerprint density at radius 1 is 0.571 bits per heavy atom. The van der Waals surface area contributed by atoms with Crippen molar-refractivity contribution in [2.75, 3.05) is 0 Å². The first-order valence-electron chi connectivity index (χ1n) is 11.6. The van der Waals surface area contributed by atoms with Crippen LogP contribution in [0.1, 0.15) is 95.6 Å². The molecule has 1 heteroatoms. The van der Waals surface area contributed by atoms with Crippen molar-refractivity contribution in [3.63, 3.8) is 0 Å². The van der Waals surface area contributed by atoms with Gasteiger partial charge in [0.1, 0.15) is 5.82 Å². The standard InChI is InChI=1S/C27H39F/c1-3-5-7-8-9-10-11-12-13-15-23-16-19-25(20-17-23)26-21-18-24(14-6-4-2)22-27(26)28/h16-22H,3-15H2,1-2H3. The van der Waals surface area contributed by atoms with Crippen LogP contribution >= 0.6 is 0 Å². The average molecular weight is 383 g/mol. The molecular weight excluding hydrogens is 343 g/mol. The van der Waals surface area contributed by atoms with Crippen LogP contribution in [0.5, 0.6) is 0 Å². The summed E-state index contributed by atoms with van der Waals surface area (Å²) in [5.74, 6) is -0.0970. The van der Waals surface area contributed by atoms with Gasteiger partial charge in [0.25, 0.3) is 0 Å². The molecule has 0 aromatic heterocycles. The molecule has 0 heterocycles. The fraction of sp³-hybridized carbons (Fsp3) is 0.556. The van der Waals surface area contributed by atoms with E-state index in [1.807, 2.05) is 6.07 Å². The normalized spacial score (nSPS) is 11.1. The van der Waals surface area contributed by atoms with Gasteiger partial charge in [-0.2, -0.15) is 0 Å². The van der Waals surface area contributed by atoms with E-state index in [4.69, 9.17) is 0 Å². The molecule has 0 spiro atoms. The molecule has 0 aliphatic carbocycles. The van der Waals surface area contributed by atoms with Gasteiger partial charge in [0, 0.05) is 5.56 Å². The molecule has 154 valence electrons. The van der Waals surface area contributed by atoms with Crippen LogP contribution in [-0.2, 0) is 12.8 Å². The minimum Gasteiger partial charge on any atom is -0.206 e. The van der Waals surface area contributed by atoms with Gasteiger partial charge in [-0.15, -0.1) is 0 Å². The first kappa shape index (κ1) is 22.7. The lowest BCUT2D eigenvalue weighted by Gasteiger charge is -2.08. The zero-order chi connectivity index (χ0) is 20.0. The van der Waals surface area contributed by atoms with E-state index in [-0.39, 0.29) is 5.82 Å². The highest BCUT2D eigenvalue weighted by Crippen LogP contribution is 2.25. The summed E-state index contributed by atoms with van der Waals surface area (Å²) in [5.41, 5.74) is 4.17. The molecule has 0 bridgehead atoms. The summed E-state index contributed by atoms with van der Waals surface area (Å²) in [6, 6.07) is 14.2. The van der Waals surface area contributed by atoms with Gasteiger partial charge in [0.05, 0.1) is 0 Å². The largest absolute Gasteiger partial charge is 0.206 e. The summed E-state index contributed by atoms with van der Waals surface area (Å²) in [6.07, 6.45) is 16.6. The summed E-state index contributed by atoms with van der Waals surface area (Å²) in [7, 11) is 0. The lowest BCUT2D eigenvalue weighted by atomic mass is 9.98. The summed E-state index contributed by atoms with van der Waals surface area (Å²) < 4.78 is 14.5. The quantitative estimate of drug-likeness (QED) is 0.286. The van der Waals surface area contributed by atoms with Crippen molar-refractivity contribution in [2.45, 2.75) is 97.3 Å². The van der Waals surface area contributed by atoms with Gasteiger partial charge in [-0.05, 0) is 48.4 Å². The van der Waals surface area contributed by atoms with Gasteiger partial charge < -0.3 is 0 Å². The van der Waals surface area contributed by atoms with Crippen LogP contribution in [0.15, 0.2) is 42.5 Å². The molecule has 2 aromatic carbocycles. The summed E-state index contributed by atoms with van der Waals surface area (Å²) in [4.78, 5) is 0. The Morgan fingerprint density at radius 2 is 1.11 bits per heavy atom. The second-order valence-corrected chi connectivity index (χ2v) is 8.19. The highest BCUT2D eigenvalue weighted by atomic mass is 19.1. The van der Waals surface area contributed by atoms with Gasteiger partial charge in [-0.3, -0.25) is 0 Å². The van der Waals surface area contributed by atoms with Crippen LogP contribution in [0, 0.1) is 5.82 Å². The Morgan fingerprint density at radius 3 is 1.71 bits per heavy atom. The summed E-state index contributed by atoms with van der Waals surface area (Å²) >= 11 is 0. The zero-order valence-electron chi connectivity index (χ0n) is 18.1. The smallest absolute Gasteiger partial charge is 0.131 e. The lowest BCUT2D eigenvalue weighted by Crippen LogP contribution is -1.91. The third-order valence-corrected chi connectivity index (χ3v) is 5.69. The SMILES string of the molecule is CCCCCCCCCCCc1ccc(-c2ccc(CCCC)cc2F)cc1. The number of benzene rings is 2. The van der Waals surface area contributed by atoms with Crippen molar-refractivity contribution in [3.05, 3.63) is 59.4 Å². The Balaban J connectivity index is 1.73. The van der Waals surface area contributed by atoms with E-state index in [0.717, 1.165) is 42.4 Å². The van der Waals surface area contributed by atoms with E-state index in [0.29, 0.717) is 0 Å². The van der Waals surface area contributed by atoms with Crippen molar-refractivity contribution in [1.82, 2.24) is 0 Å². The molecule has 0 unspecified atom stereocenters. The molecule has 0 aliphatic heterocycles. The predicted molar refractivity (Wildman–Crippen MR) is 121 cm³/mol. The molecule has 0 radical (unpaired) electrons. The van der Waals surface area contributed by atoms with E-state index in [1.165, 1.54) is 63.4 Å². The van der Waals surface area contributed by atoms with Gasteiger partial charge >= 0.3 is 0 Å². The number of halogens is 1. The Hall–Kier alpha value is -1.63. The van der Waals surface area contributed by atoms with Gasteiger partial charge in [0.15, 0.2) is 0 Å². The van der Waals surface area contributed by atoms with Crippen molar-refractivity contribution >= 4 is 0 Å². The fourth-order valence-electron chi connectivity index (χ4n) is 3.82. The second-order valence-electron chi connectivity index (χ2n) is 8.19. The molecule has 0 amide bonds. The van der Waals surface area contributed by atoms with Crippen LogP contribution in [0.2, 0.25) is 0 Å².